The second-order valence-corrected chi connectivity index (χ2v) is 8.14. The molecule has 11 nitrogen and oxygen atoms in total. The van der Waals surface area contributed by atoms with Crippen molar-refractivity contribution < 1.29 is 23.8 Å². The highest BCUT2D eigenvalue weighted by Gasteiger charge is 2.17. The van der Waals surface area contributed by atoms with Crippen molar-refractivity contribution in [2.75, 3.05) is 25.6 Å². The van der Waals surface area contributed by atoms with Gasteiger partial charge in [0.15, 0.2) is 21.7 Å². The first kappa shape index (κ1) is 29.9. The second-order valence-electron chi connectivity index (χ2n) is 6.95. The summed E-state index contributed by atoms with van der Waals surface area (Å²) in [6.45, 7) is 5.97. The molecule has 0 unspecified atom stereocenters. The van der Waals surface area contributed by atoms with Crippen LogP contribution in [0.3, 0.4) is 0 Å². The highest BCUT2D eigenvalue weighted by atomic mass is 35.5. The van der Waals surface area contributed by atoms with Gasteiger partial charge in [-0.25, -0.2) is 14.6 Å². The van der Waals surface area contributed by atoms with Crippen LogP contribution in [0, 0.1) is 0 Å². The van der Waals surface area contributed by atoms with Crippen molar-refractivity contribution in [1.29, 1.82) is 0 Å². The molecule has 37 heavy (non-hydrogen) atoms. The summed E-state index contributed by atoms with van der Waals surface area (Å²) < 4.78 is 15.0. The van der Waals surface area contributed by atoms with Gasteiger partial charge in [0.1, 0.15) is 11.6 Å². The molecule has 14 heteroatoms. The number of rotatable bonds is 9. The maximum atomic E-state index is 12.0. The van der Waals surface area contributed by atoms with Gasteiger partial charge in [-0.05, 0) is 38.5 Å². The molecule has 198 valence electrons. The van der Waals surface area contributed by atoms with Crippen molar-refractivity contribution in [2.24, 2.45) is 0 Å². The van der Waals surface area contributed by atoms with E-state index in [0.717, 1.165) is 24.3 Å². The molecule has 0 aliphatic heterocycles. The van der Waals surface area contributed by atoms with Gasteiger partial charge in [-0.15, -0.1) is 20.4 Å². The van der Waals surface area contributed by atoms with Crippen LogP contribution in [-0.4, -0.2) is 57.6 Å². The fourth-order valence-corrected chi connectivity index (χ4v) is 3.36. The third-order valence-electron chi connectivity index (χ3n) is 4.32. The monoisotopic (exact) mass is 570 g/mol. The van der Waals surface area contributed by atoms with Crippen LogP contribution in [0.15, 0.2) is 24.3 Å². The molecule has 0 aromatic carbocycles. The first-order chi connectivity index (χ1) is 17.7. The molecule has 0 saturated carbocycles. The number of aryl methyl sites for hydroxylation is 1. The Hall–Kier alpha value is -3.28. The topological polar surface area (TPSA) is 138 Å². The first-order valence-corrected chi connectivity index (χ1v) is 12.2. The van der Waals surface area contributed by atoms with Gasteiger partial charge in [-0.1, -0.05) is 48.1 Å². The lowest BCUT2D eigenvalue weighted by Crippen LogP contribution is -2.12. The number of pyridine rings is 1. The van der Waals surface area contributed by atoms with Gasteiger partial charge in [0.2, 0.25) is 0 Å². The molecule has 3 rings (SSSR count). The highest BCUT2D eigenvalue weighted by molar-refractivity contribution is 6.35. The van der Waals surface area contributed by atoms with E-state index in [1.807, 2.05) is 6.07 Å². The summed E-state index contributed by atoms with van der Waals surface area (Å²) in [6.07, 6.45) is 1.71. The van der Waals surface area contributed by atoms with Gasteiger partial charge < -0.3 is 19.5 Å². The second kappa shape index (κ2) is 15.1. The number of aromatic nitrogens is 5. The van der Waals surface area contributed by atoms with Gasteiger partial charge in [0.25, 0.3) is 0 Å². The van der Waals surface area contributed by atoms with Crippen LogP contribution < -0.4 is 10.1 Å². The van der Waals surface area contributed by atoms with Gasteiger partial charge in [-0.2, -0.15) is 0 Å². The number of nitrogens with zero attached hydrogens (tertiary/aromatic N) is 5. The lowest BCUT2D eigenvalue weighted by molar-refractivity contribution is 0.0509. The SMILES string of the molecule is CCCc1nc(Nc2cc(Cl)nnc2C(=O)OCC)ccc1OC.CCOC(=O)c1nnc(Cl)cc1Cl. The summed E-state index contributed by atoms with van der Waals surface area (Å²) in [5.74, 6) is 0.0934. The zero-order chi connectivity index (χ0) is 27.4. The zero-order valence-corrected chi connectivity index (χ0v) is 22.8. The summed E-state index contributed by atoms with van der Waals surface area (Å²) in [4.78, 5) is 27.6. The third kappa shape index (κ3) is 8.96. The number of halogens is 3. The maximum Gasteiger partial charge on any atom is 0.361 e. The third-order valence-corrected chi connectivity index (χ3v) is 4.98. The lowest BCUT2D eigenvalue weighted by atomic mass is 10.2. The number of carbonyl (C=O) groups excluding carboxylic acids is 2. The normalized spacial score (nSPS) is 10.1. The Kier molecular flexibility index (Phi) is 12.2. The fraction of sp³-hybridized carbons (Fsp3) is 0.348. The molecule has 0 radical (unpaired) electrons. The van der Waals surface area contributed by atoms with Crippen LogP contribution in [0.2, 0.25) is 15.3 Å². The molecule has 3 heterocycles. The Morgan fingerprint density at radius 2 is 1.46 bits per heavy atom. The molecule has 0 saturated heterocycles. The van der Waals surface area contributed by atoms with E-state index in [9.17, 15) is 9.59 Å². The minimum absolute atomic E-state index is 0.0204. The van der Waals surface area contributed by atoms with Crippen LogP contribution >= 0.6 is 34.8 Å². The number of ether oxygens (including phenoxy) is 3. The summed E-state index contributed by atoms with van der Waals surface area (Å²) >= 11 is 17.0. The Balaban J connectivity index is 0.000000312. The van der Waals surface area contributed by atoms with Crippen molar-refractivity contribution >= 4 is 58.2 Å². The van der Waals surface area contributed by atoms with Crippen LogP contribution in [0.5, 0.6) is 5.75 Å². The van der Waals surface area contributed by atoms with Crippen LogP contribution in [0.4, 0.5) is 11.5 Å². The van der Waals surface area contributed by atoms with Crippen molar-refractivity contribution in [2.45, 2.75) is 33.6 Å². The van der Waals surface area contributed by atoms with E-state index in [0.29, 0.717) is 11.5 Å². The van der Waals surface area contributed by atoms with Gasteiger partial charge in [0.05, 0.1) is 36.7 Å². The molecule has 0 spiro atoms. The lowest BCUT2D eigenvalue weighted by Gasteiger charge is -2.12. The molecule has 0 aliphatic rings. The summed E-state index contributed by atoms with van der Waals surface area (Å²) in [7, 11) is 1.61. The van der Waals surface area contributed by atoms with E-state index in [1.165, 1.54) is 12.1 Å². The van der Waals surface area contributed by atoms with E-state index in [2.05, 4.69) is 42.4 Å². The molecule has 0 amide bonds. The zero-order valence-electron chi connectivity index (χ0n) is 20.5. The molecule has 1 N–H and O–H groups in total. The molecule has 0 fully saturated rings. The molecule has 0 atom stereocenters. The van der Waals surface area contributed by atoms with Crippen molar-refractivity contribution in [3.63, 3.8) is 0 Å². The van der Waals surface area contributed by atoms with E-state index in [1.54, 1.807) is 27.0 Å². The van der Waals surface area contributed by atoms with Gasteiger partial charge >= 0.3 is 11.9 Å². The maximum absolute atomic E-state index is 12.0. The Labute approximate surface area is 228 Å². The van der Waals surface area contributed by atoms with Gasteiger partial charge in [0, 0.05) is 6.07 Å². The number of hydrogen-bond donors (Lipinski definition) is 1. The summed E-state index contributed by atoms with van der Waals surface area (Å²) in [5, 5.41) is 18.0. The van der Waals surface area contributed by atoms with Gasteiger partial charge in [-0.3, -0.25) is 0 Å². The van der Waals surface area contributed by atoms with E-state index < -0.39 is 11.9 Å². The number of anilines is 2. The van der Waals surface area contributed by atoms with Crippen molar-refractivity contribution in [3.05, 3.63) is 56.7 Å². The Morgan fingerprint density at radius 3 is 2.03 bits per heavy atom. The Morgan fingerprint density at radius 1 is 0.865 bits per heavy atom. The van der Waals surface area contributed by atoms with Crippen LogP contribution in [0.1, 0.15) is 53.9 Å². The minimum Gasteiger partial charge on any atom is -0.495 e. The molecule has 3 aromatic rings. The minimum atomic E-state index is -0.600. The van der Waals surface area contributed by atoms with Crippen LogP contribution in [0.25, 0.3) is 0 Å². The smallest absolute Gasteiger partial charge is 0.361 e. The fourth-order valence-electron chi connectivity index (χ4n) is 2.80. The molecule has 3 aromatic heterocycles. The predicted molar refractivity (Wildman–Crippen MR) is 139 cm³/mol. The molecular formula is C23H25Cl3N6O5. The Bertz CT molecular complexity index is 1230. The number of nitrogens with one attached hydrogen (secondary N) is 1. The molecule has 0 aliphatic carbocycles. The van der Waals surface area contributed by atoms with E-state index >= 15 is 0 Å². The predicted octanol–water partition coefficient (Wildman–Crippen LogP) is 5.37. The van der Waals surface area contributed by atoms with E-state index in [-0.39, 0.29) is 39.9 Å². The largest absolute Gasteiger partial charge is 0.495 e. The summed E-state index contributed by atoms with van der Waals surface area (Å²) in [5.41, 5.74) is 1.24. The van der Waals surface area contributed by atoms with Crippen molar-refractivity contribution in [1.82, 2.24) is 25.4 Å². The average molecular weight is 572 g/mol. The van der Waals surface area contributed by atoms with Crippen LogP contribution in [-0.2, 0) is 15.9 Å². The number of esters is 2. The van der Waals surface area contributed by atoms with E-state index in [4.69, 9.17) is 44.3 Å². The number of methoxy groups -OCH3 is 1. The standard InChI is InChI=1S/C16H19ClN4O3.C7H6Cl2N2O2/c1-4-6-10-12(23-3)7-8-14(18-10)19-11-9-13(17)20-21-15(11)16(22)24-5-2;1-2-13-7(12)6-4(8)3-5(9)10-11-6/h7-9H,4-6H2,1-3H3,(H,18,19,20);3H,2H2,1H3. The summed E-state index contributed by atoms with van der Waals surface area (Å²) in [6, 6.07) is 6.41. The average Bonchev–Trinajstić information content (AvgIpc) is 2.85. The quantitative estimate of drug-likeness (QED) is 0.332. The molecule has 0 bridgehead atoms. The first-order valence-electron chi connectivity index (χ1n) is 11.1. The highest BCUT2D eigenvalue weighted by Crippen LogP contribution is 2.25. The van der Waals surface area contributed by atoms with Crippen molar-refractivity contribution in [3.8, 4) is 5.75 Å². The number of hydrogen-bond acceptors (Lipinski definition) is 11. The number of carbonyl (C=O) groups is 2. The molecular weight excluding hydrogens is 547 g/mol.